The first-order chi connectivity index (χ1) is 13.2. The molecule has 1 aliphatic heterocycles. The summed E-state index contributed by atoms with van der Waals surface area (Å²) in [5.41, 5.74) is 6.45. The number of rotatable bonds is 4. The Morgan fingerprint density at radius 2 is 1.93 bits per heavy atom. The van der Waals surface area contributed by atoms with Crippen molar-refractivity contribution in [2.45, 2.75) is 26.4 Å². The molecule has 4 heteroatoms. The highest BCUT2D eigenvalue weighted by atomic mass is 16.1. The molecule has 2 heterocycles. The zero-order chi connectivity index (χ0) is 18.6. The summed E-state index contributed by atoms with van der Waals surface area (Å²) in [6.45, 7) is 4.74. The van der Waals surface area contributed by atoms with E-state index in [1.54, 1.807) is 0 Å². The molecule has 0 radical (unpaired) electrons. The first kappa shape index (κ1) is 17.4. The van der Waals surface area contributed by atoms with Gasteiger partial charge in [0.1, 0.15) is 0 Å². The van der Waals surface area contributed by atoms with Crippen molar-refractivity contribution < 1.29 is 4.79 Å². The van der Waals surface area contributed by atoms with E-state index in [-0.39, 0.29) is 5.91 Å². The molecule has 1 amide bonds. The van der Waals surface area contributed by atoms with Crippen molar-refractivity contribution in [2.75, 3.05) is 11.9 Å². The fourth-order valence-electron chi connectivity index (χ4n) is 3.68. The minimum atomic E-state index is -0.0277. The Kier molecular flexibility index (Phi) is 4.99. The van der Waals surface area contributed by atoms with Crippen LogP contribution < -0.4 is 5.32 Å². The van der Waals surface area contributed by atoms with Gasteiger partial charge in [0.05, 0.1) is 0 Å². The van der Waals surface area contributed by atoms with Crippen molar-refractivity contribution in [2.24, 2.45) is 0 Å². The second-order valence-corrected chi connectivity index (χ2v) is 7.08. The van der Waals surface area contributed by atoms with Gasteiger partial charge in [-0.3, -0.25) is 14.7 Å². The standard InChI is InChI=1S/C23H23N3O/c1-17-4-2-6-20(14-17)25-23(27)22-7-3-5-19-16-26(13-10-21(19)22)15-18-8-11-24-12-9-18/h2-9,11-12,14H,10,13,15-16H2,1H3,(H,25,27). The zero-order valence-corrected chi connectivity index (χ0v) is 15.5. The first-order valence-corrected chi connectivity index (χ1v) is 9.29. The van der Waals surface area contributed by atoms with Crippen LogP contribution in [0.3, 0.4) is 0 Å². The molecule has 136 valence electrons. The van der Waals surface area contributed by atoms with Crippen LogP contribution in [-0.2, 0) is 19.5 Å². The highest BCUT2D eigenvalue weighted by Crippen LogP contribution is 2.24. The fourth-order valence-corrected chi connectivity index (χ4v) is 3.68. The quantitative estimate of drug-likeness (QED) is 0.761. The molecular weight excluding hydrogens is 334 g/mol. The third kappa shape index (κ3) is 4.07. The summed E-state index contributed by atoms with van der Waals surface area (Å²) in [5.74, 6) is -0.0277. The number of carbonyl (C=O) groups is 1. The third-order valence-electron chi connectivity index (χ3n) is 5.02. The second kappa shape index (κ2) is 7.72. The number of anilines is 1. The van der Waals surface area contributed by atoms with Crippen LogP contribution in [0.2, 0.25) is 0 Å². The van der Waals surface area contributed by atoms with Gasteiger partial charge in [-0.05, 0) is 65.9 Å². The van der Waals surface area contributed by atoms with E-state index in [1.807, 2.05) is 55.7 Å². The number of hydrogen-bond donors (Lipinski definition) is 1. The van der Waals surface area contributed by atoms with Gasteiger partial charge in [-0.15, -0.1) is 0 Å². The lowest BCUT2D eigenvalue weighted by Crippen LogP contribution is -2.31. The molecule has 0 fully saturated rings. The second-order valence-electron chi connectivity index (χ2n) is 7.08. The van der Waals surface area contributed by atoms with Crippen molar-refractivity contribution in [1.29, 1.82) is 0 Å². The maximum Gasteiger partial charge on any atom is 0.255 e. The van der Waals surface area contributed by atoms with Crippen molar-refractivity contribution >= 4 is 11.6 Å². The number of aryl methyl sites for hydroxylation is 1. The molecule has 0 saturated heterocycles. The Morgan fingerprint density at radius 3 is 2.74 bits per heavy atom. The topological polar surface area (TPSA) is 45.2 Å². The molecule has 1 N–H and O–H groups in total. The minimum Gasteiger partial charge on any atom is -0.322 e. The molecule has 0 bridgehead atoms. The van der Waals surface area contributed by atoms with E-state index in [2.05, 4.69) is 33.4 Å². The number of nitrogens with zero attached hydrogens (tertiary/aromatic N) is 2. The molecule has 0 unspecified atom stereocenters. The predicted octanol–water partition coefficient (Wildman–Crippen LogP) is 4.20. The summed E-state index contributed by atoms with van der Waals surface area (Å²) in [6.07, 6.45) is 4.56. The van der Waals surface area contributed by atoms with Crippen LogP contribution in [0.5, 0.6) is 0 Å². The number of aromatic nitrogens is 1. The van der Waals surface area contributed by atoms with Gasteiger partial charge >= 0.3 is 0 Å². The van der Waals surface area contributed by atoms with E-state index in [0.29, 0.717) is 0 Å². The Bertz CT molecular complexity index is 953. The average Bonchev–Trinajstić information content (AvgIpc) is 2.68. The first-order valence-electron chi connectivity index (χ1n) is 9.29. The molecule has 27 heavy (non-hydrogen) atoms. The molecule has 1 aromatic heterocycles. The molecule has 2 aromatic carbocycles. The smallest absolute Gasteiger partial charge is 0.255 e. The Labute approximate surface area is 159 Å². The summed E-state index contributed by atoms with van der Waals surface area (Å²) in [6, 6.07) is 18.1. The van der Waals surface area contributed by atoms with E-state index in [0.717, 1.165) is 42.9 Å². The van der Waals surface area contributed by atoms with Gasteiger partial charge < -0.3 is 5.32 Å². The van der Waals surface area contributed by atoms with Gasteiger partial charge in [-0.25, -0.2) is 0 Å². The normalized spacial score (nSPS) is 13.8. The SMILES string of the molecule is Cc1cccc(NC(=O)c2cccc3c2CCN(Cc2ccncc2)C3)c1. The van der Waals surface area contributed by atoms with Crippen molar-refractivity contribution in [3.8, 4) is 0 Å². The average molecular weight is 357 g/mol. The highest BCUT2D eigenvalue weighted by molar-refractivity contribution is 6.05. The number of pyridine rings is 1. The summed E-state index contributed by atoms with van der Waals surface area (Å²) in [5, 5.41) is 3.04. The molecule has 0 spiro atoms. The van der Waals surface area contributed by atoms with E-state index < -0.39 is 0 Å². The molecule has 0 atom stereocenters. The molecule has 4 nitrogen and oxygen atoms in total. The molecule has 1 aliphatic rings. The van der Waals surface area contributed by atoms with Crippen LogP contribution in [0.15, 0.2) is 67.0 Å². The van der Waals surface area contributed by atoms with E-state index in [9.17, 15) is 4.79 Å². The number of nitrogens with one attached hydrogen (secondary N) is 1. The number of carbonyl (C=O) groups excluding carboxylic acids is 1. The van der Waals surface area contributed by atoms with Crippen LogP contribution in [0.1, 0.15) is 32.6 Å². The van der Waals surface area contributed by atoms with Crippen LogP contribution in [0, 0.1) is 6.92 Å². The summed E-state index contributed by atoms with van der Waals surface area (Å²) >= 11 is 0. The Balaban J connectivity index is 1.51. The minimum absolute atomic E-state index is 0.0277. The lowest BCUT2D eigenvalue weighted by Gasteiger charge is -2.30. The lowest BCUT2D eigenvalue weighted by molar-refractivity contribution is 0.102. The van der Waals surface area contributed by atoms with Crippen LogP contribution in [-0.4, -0.2) is 22.3 Å². The van der Waals surface area contributed by atoms with Crippen molar-refractivity contribution in [1.82, 2.24) is 9.88 Å². The Hall–Kier alpha value is -2.98. The summed E-state index contributed by atoms with van der Waals surface area (Å²) in [7, 11) is 0. The number of amides is 1. The number of fused-ring (bicyclic) bond motifs is 1. The van der Waals surface area contributed by atoms with E-state index in [4.69, 9.17) is 0 Å². The van der Waals surface area contributed by atoms with Crippen LogP contribution in [0.25, 0.3) is 0 Å². The molecule has 0 saturated carbocycles. The molecular formula is C23H23N3O. The molecule has 3 aromatic rings. The Morgan fingerprint density at radius 1 is 1.11 bits per heavy atom. The van der Waals surface area contributed by atoms with E-state index >= 15 is 0 Å². The highest BCUT2D eigenvalue weighted by Gasteiger charge is 2.21. The fraction of sp³-hybridized carbons (Fsp3) is 0.217. The van der Waals surface area contributed by atoms with Gasteiger partial charge in [-0.2, -0.15) is 0 Å². The van der Waals surface area contributed by atoms with E-state index in [1.165, 1.54) is 16.7 Å². The maximum atomic E-state index is 12.8. The summed E-state index contributed by atoms with van der Waals surface area (Å²) in [4.78, 5) is 19.3. The number of benzene rings is 2. The van der Waals surface area contributed by atoms with Gasteiger partial charge in [0.2, 0.25) is 0 Å². The zero-order valence-electron chi connectivity index (χ0n) is 15.5. The van der Waals surface area contributed by atoms with Gasteiger partial charge in [0, 0.05) is 43.3 Å². The van der Waals surface area contributed by atoms with Crippen molar-refractivity contribution in [3.63, 3.8) is 0 Å². The molecule has 0 aliphatic carbocycles. The number of hydrogen-bond acceptors (Lipinski definition) is 3. The van der Waals surface area contributed by atoms with Gasteiger partial charge in [0.15, 0.2) is 0 Å². The van der Waals surface area contributed by atoms with Gasteiger partial charge in [-0.1, -0.05) is 24.3 Å². The van der Waals surface area contributed by atoms with Crippen LogP contribution in [0.4, 0.5) is 5.69 Å². The van der Waals surface area contributed by atoms with Crippen LogP contribution >= 0.6 is 0 Å². The lowest BCUT2D eigenvalue weighted by atomic mass is 9.93. The molecule has 4 rings (SSSR count). The van der Waals surface area contributed by atoms with Crippen molar-refractivity contribution in [3.05, 3.63) is 94.8 Å². The largest absolute Gasteiger partial charge is 0.322 e. The summed E-state index contributed by atoms with van der Waals surface area (Å²) < 4.78 is 0. The predicted molar refractivity (Wildman–Crippen MR) is 108 cm³/mol. The van der Waals surface area contributed by atoms with Gasteiger partial charge in [0.25, 0.3) is 5.91 Å². The monoisotopic (exact) mass is 357 g/mol. The third-order valence-corrected chi connectivity index (χ3v) is 5.02. The maximum absolute atomic E-state index is 12.8.